The van der Waals surface area contributed by atoms with E-state index in [0.717, 1.165) is 0 Å². The van der Waals surface area contributed by atoms with E-state index in [4.69, 9.17) is 9.94 Å². The quantitative estimate of drug-likeness (QED) is 0.384. The highest BCUT2D eigenvalue weighted by molar-refractivity contribution is 6.04. The van der Waals surface area contributed by atoms with Gasteiger partial charge in [0.1, 0.15) is 12.3 Å². The Morgan fingerprint density at radius 1 is 1.09 bits per heavy atom. The Kier molecular flexibility index (Phi) is 5.46. The molecule has 2 aromatic carbocycles. The van der Waals surface area contributed by atoms with Crippen LogP contribution in [0.15, 0.2) is 59.8 Å². The van der Waals surface area contributed by atoms with Gasteiger partial charge in [0, 0.05) is 12.5 Å². The van der Waals surface area contributed by atoms with Gasteiger partial charge in [-0.05, 0) is 12.1 Å². The Balaban J connectivity index is 2.09. The summed E-state index contributed by atoms with van der Waals surface area (Å²) < 4.78 is 5.18. The van der Waals surface area contributed by atoms with Crippen molar-refractivity contribution in [2.24, 2.45) is 5.16 Å². The highest BCUT2D eigenvalue weighted by Crippen LogP contribution is 2.16. The Bertz CT molecular complexity index is 726. The van der Waals surface area contributed by atoms with Crippen molar-refractivity contribution in [1.82, 2.24) is 0 Å². The minimum atomic E-state index is -0.619. The molecule has 2 rings (SSSR count). The summed E-state index contributed by atoms with van der Waals surface area (Å²) in [6, 6.07) is 15.4. The van der Waals surface area contributed by atoms with Crippen molar-refractivity contribution in [3.63, 3.8) is 0 Å². The van der Waals surface area contributed by atoms with Gasteiger partial charge in [0.05, 0.1) is 11.3 Å². The van der Waals surface area contributed by atoms with Crippen LogP contribution in [-0.2, 0) is 9.53 Å². The molecule has 0 saturated carbocycles. The van der Waals surface area contributed by atoms with Gasteiger partial charge in [-0.15, -0.1) is 0 Å². The number of nitrogens with zero attached hydrogens (tertiary/aromatic N) is 1. The third kappa shape index (κ3) is 4.41. The van der Waals surface area contributed by atoms with E-state index in [1.165, 1.54) is 6.92 Å². The first kappa shape index (κ1) is 16.2. The molecule has 2 aromatic rings. The van der Waals surface area contributed by atoms with Crippen molar-refractivity contribution in [1.29, 1.82) is 0 Å². The van der Waals surface area contributed by atoms with Gasteiger partial charge in [0.15, 0.2) is 0 Å². The number of amides is 1. The Morgan fingerprint density at radius 3 is 2.39 bits per heavy atom. The molecule has 6 nitrogen and oxygen atoms in total. The minimum Gasteiger partial charge on any atom is -0.455 e. The normalized spacial score (nSPS) is 10.9. The molecule has 0 atom stereocenters. The van der Waals surface area contributed by atoms with E-state index in [9.17, 15) is 9.59 Å². The van der Waals surface area contributed by atoms with E-state index >= 15 is 0 Å². The highest BCUT2D eigenvalue weighted by atomic mass is 16.5. The second-order valence-electron chi connectivity index (χ2n) is 4.72. The van der Waals surface area contributed by atoms with Gasteiger partial charge in [0.25, 0.3) is 0 Å². The van der Waals surface area contributed by atoms with Crippen LogP contribution < -0.4 is 5.32 Å². The van der Waals surface area contributed by atoms with Crippen LogP contribution in [0, 0.1) is 0 Å². The van der Waals surface area contributed by atoms with Crippen molar-refractivity contribution in [2.45, 2.75) is 6.92 Å². The van der Waals surface area contributed by atoms with Crippen LogP contribution in [-0.4, -0.2) is 29.4 Å². The zero-order chi connectivity index (χ0) is 16.7. The van der Waals surface area contributed by atoms with Crippen LogP contribution in [0.5, 0.6) is 0 Å². The molecule has 0 aliphatic rings. The number of hydrogen-bond donors (Lipinski definition) is 2. The molecule has 0 radical (unpaired) electrons. The van der Waals surface area contributed by atoms with Crippen molar-refractivity contribution in [2.75, 3.05) is 11.9 Å². The number of carbonyl (C=O) groups excluding carboxylic acids is 2. The molecule has 0 bridgehead atoms. The van der Waals surface area contributed by atoms with Crippen LogP contribution in [0.4, 0.5) is 5.69 Å². The maximum Gasteiger partial charge on any atom is 0.340 e. The summed E-state index contributed by atoms with van der Waals surface area (Å²) in [7, 11) is 0. The number of carbonyl (C=O) groups is 2. The summed E-state index contributed by atoms with van der Waals surface area (Å²) in [6.07, 6.45) is 0. The van der Waals surface area contributed by atoms with Crippen molar-refractivity contribution in [3.8, 4) is 0 Å². The fraction of sp³-hybridized carbons (Fsp3) is 0.118. The zero-order valence-electron chi connectivity index (χ0n) is 12.5. The third-order valence-corrected chi connectivity index (χ3v) is 3.03. The first-order chi connectivity index (χ1) is 11.1. The van der Waals surface area contributed by atoms with E-state index in [2.05, 4.69) is 10.5 Å². The summed E-state index contributed by atoms with van der Waals surface area (Å²) in [6.45, 7) is 1.17. The van der Waals surface area contributed by atoms with Crippen LogP contribution in [0.25, 0.3) is 0 Å². The molecule has 23 heavy (non-hydrogen) atoms. The lowest BCUT2D eigenvalue weighted by atomic mass is 10.1. The molecular formula is C17H16N2O4. The predicted molar refractivity (Wildman–Crippen MR) is 85.8 cm³/mol. The largest absolute Gasteiger partial charge is 0.455 e. The average molecular weight is 312 g/mol. The standard InChI is InChI=1S/C17H16N2O4/c1-12(20)18-15-10-6-5-9-14(15)17(21)23-11-16(19-22)13-7-3-2-4-8-13/h2-10,22H,11H2,1H3,(H,18,20)/b19-16+. The molecule has 0 heterocycles. The van der Waals surface area contributed by atoms with E-state index in [0.29, 0.717) is 11.3 Å². The van der Waals surface area contributed by atoms with E-state index in [-0.39, 0.29) is 23.8 Å². The molecule has 0 aromatic heterocycles. The second kappa shape index (κ2) is 7.74. The smallest absolute Gasteiger partial charge is 0.340 e. The molecule has 118 valence electrons. The molecule has 0 aliphatic heterocycles. The molecule has 0 saturated heterocycles. The molecule has 0 aliphatic carbocycles. The SMILES string of the molecule is CC(=O)Nc1ccccc1C(=O)OC/C(=N\O)c1ccccc1. The number of para-hydroxylation sites is 1. The molecule has 6 heteroatoms. The average Bonchev–Trinajstić information content (AvgIpc) is 2.56. The Labute approximate surface area is 133 Å². The van der Waals surface area contributed by atoms with Gasteiger partial charge in [-0.2, -0.15) is 0 Å². The van der Waals surface area contributed by atoms with Gasteiger partial charge in [0.2, 0.25) is 5.91 Å². The van der Waals surface area contributed by atoms with Crippen molar-refractivity contribution < 1.29 is 19.5 Å². The summed E-state index contributed by atoms with van der Waals surface area (Å²) in [5.74, 6) is -0.904. The number of nitrogens with one attached hydrogen (secondary N) is 1. The fourth-order valence-corrected chi connectivity index (χ4v) is 1.97. The van der Waals surface area contributed by atoms with E-state index < -0.39 is 5.97 Å². The summed E-state index contributed by atoms with van der Waals surface area (Å²) in [5.41, 5.74) is 1.48. The maximum absolute atomic E-state index is 12.2. The number of ether oxygens (including phenoxy) is 1. The van der Waals surface area contributed by atoms with Gasteiger partial charge in [-0.3, -0.25) is 4.79 Å². The number of rotatable bonds is 5. The maximum atomic E-state index is 12.2. The van der Waals surface area contributed by atoms with Gasteiger partial charge < -0.3 is 15.3 Å². The third-order valence-electron chi connectivity index (χ3n) is 3.03. The van der Waals surface area contributed by atoms with Crippen molar-refractivity contribution in [3.05, 3.63) is 65.7 Å². The Morgan fingerprint density at radius 2 is 1.74 bits per heavy atom. The van der Waals surface area contributed by atoms with Crippen LogP contribution >= 0.6 is 0 Å². The van der Waals surface area contributed by atoms with Gasteiger partial charge >= 0.3 is 5.97 Å². The van der Waals surface area contributed by atoms with Gasteiger partial charge in [-0.25, -0.2) is 4.79 Å². The molecule has 1 amide bonds. The molecule has 0 spiro atoms. The minimum absolute atomic E-state index is 0.187. The summed E-state index contributed by atoms with van der Waals surface area (Å²) in [5, 5.41) is 14.8. The van der Waals surface area contributed by atoms with Crippen LogP contribution in [0.2, 0.25) is 0 Å². The number of anilines is 1. The molecule has 0 fully saturated rings. The number of hydrogen-bond acceptors (Lipinski definition) is 5. The lowest BCUT2D eigenvalue weighted by Gasteiger charge is -2.10. The number of oxime groups is 1. The second-order valence-corrected chi connectivity index (χ2v) is 4.72. The summed E-state index contributed by atoms with van der Waals surface area (Å²) in [4.78, 5) is 23.4. The first-order valence-electron chi connectivity index (χ1n) is 6.92. The monoisotopic (exact) mass is 312 g/mol. The van der Waals surface area contributed by atoms with Crippen molar-refractivity contribution >= 4 is 23.3 Å². The lowest BCUT2D eigenvalue weighted by molar-refractivity contribution is -0.114. The van der Waals surface area contributed by atoms with Crippen LogP contribution in [0.3, 0.4) is 0 Å². The number of esters is 1. The predicted octanol–water partition coefficient (Wildman–Crippen LogP) is 2.68. The molecule has 0 unspecified atom stereocenters. The Hall–Kier alpha value is -3.15. The number of benzene rings is 2. The summed E-state index contributed by atoms with van der Waals surface area (Å²) >= 11 is 0. The highest BCUT2D eigenvalue weighted by Gasteiger charge is 2.15. The van der Waals surface area contributed by atoms with E-state index in [1.807, 2.05) is 6.07 Å². The van der Waals surface area contributed by atoms with Crippen LogP contribution in [0.1, 0.15) is 22.8 Å². The van der Waals surface area contributed by atoms with Gasteiger partial charge in [-0.1, -0.05) is 47.6 Å². The fourth-order valence-electron chi connectivity index (χ4n) is 1.97. The zero-order valence-corrected chi connectivity index (χ0v) is 12.5. The first-order valence-corrected chi connectivity index (χ1v) is 6.92. The molecule has 2 N–H and O–H groups in total. The molecular weight excluding hydrogens is 296 g/mol. The lowest BCUT2D eigenvalue weighted by Crippen LogP contribution is -2.17. The van der Waals surface area contributed by atoms with E-state index in [1.54, 1.807) is 48.5 Å². The topological polar surface area (TPSA) is 88.0 Å².